The van der Waals surface area contributed by atoms with Crippen molar-refractivity contribution in [3.63, 3.8) is 0 Å². The highest BCUT2D eigenvalue weighted by atomic mass is 19.1. The smallest absolute Gasteiger partial charge is 0.232 e. The van der Waals surface area contributed by atoms with Crippen molar-refractivity contribution in [2.24, 2.45) is 0 Å². The molecule has 0 radical (unpaired) electrons. The van der Waals surface area contributed by atoms with Gasteiger partial charge in [-0.2, -0.15) is 9.97 Å². The van der Waals surface area contributed by atoms with Crippen molar-refractivity contribution < 1.29 is 18.7 Å². The lowest BCUT2D eigenvalue weighted by Crippen LogP contribution is -2.38. The van der Waals surface area contributed by atoms with Crippen LogP contribution in [0.25, 0.3) is 0 Å². The first-order valence-electron chi connectivity index (χ1n) is 9.29. The summed E-state index contributed by atoms with van der Waals surface area (Å²) < 4.78 is 19.5. The molecule has 4 N–H and O–H groups in total. The molecule has 0 aliphatic carbocycles. The minimum Gasteiger partial charge on any atom is -0.383 e. The number of benzene rings is 1. The van der Waals surface area contributed by atoms with Crippen LogP contribution in [-0.4, -0.2) is 48.1 Å². The van der Waals surface area contributed by atoms with Crippen LogP contribution in [0.2, 0.25) is 0 Å². The molecular formula is C19H21FN6O3. The van der Waals surface area contributed by atoms with Gasteiger partial charge in [0.2, 0.25) is 17.8 Å². The van der Waals surface area contributed by atoms with Crippen LogP contribution in [0.1, 0.15) is 23.5 Å². The molecule has 4 rings (SSSR count). The number of nitrogens with zero attached hydrogens (tertiary/aromatic N) is 3. The maximum atomic E-state index is 14.1. The normalized spacial score (nSPS) is 18.8. The summed E-state index contributed by atoms with van der Waals surface area (Å²) >= 11 is 0. The number of nitrogen functional groups attached to an aromatic ring is 1. The zero-order valence-corrected chi connectivity index (χ0v) is 15.9. The summed E-state index contributed by atoms with van der Waals surface area (Å²) in [6.45, 7) is 4.03. The molecule has 152 valence electrons. The van der Waals surface area contributed by atoms with Crippen molar-refractivity contribution in [3.8, 4) is 0 Å². The Morgan fingerprint density at radius 3 is 2.83 bits per heavy atom. The molecule has 1 saturated heterocycles. The van der Waals surface area contributed by atoms with Gasteiger partial charge >= 0.3 is 0 Å². The Kier molecular flexibility index (Phi) is 5.01. The van der Waals surface area contributed by atoms with Gasteiger partial charge in [0.05, 0.1) is 30.4 Å². The third kappa shape index (κ3) is 3.83. The molecule has 1 aromatic carbocycles. The fourth-order valence-corrected chi connectivity index (χ4v) is 3.45. The number of nitrogens with two attached hydrogens (primary N) is 1. The molecule has 1 atom stereocenters. The standard InChI is InChI=1S/C19H21FN6O3/c1-10-2-3-13(12(20)8-10)22-18(28)11-9-14(27)23-17-15(11)16(21)24-19(25-17)26-4-6-29-7-5-26/h2-3,8,11H,4-7,9H2,1H3,(H,22,28)(H3,21,23,24,25,27). The Labute approximate surface area is 166 Å². The van der Waals surface area contributed by atoms with Gasteiger partial charge < -0.3 is 26.0 Å². The number of halogens is 1. The maximum absolute atomic E-state index is 14.1. The van der Waals surface area contributed by atoms with Gasteiger partial charge in [-0.25, -0.2) is 4.39 Å². The van der Waals surface area contributed by atoms with Gasteiger partial charge in [-0.3, -0.25) is 9.59 Å². The Bertz CT molecular complexity index is 977. The number of rotatable bonds is 3. The summed E-state index contributed by atoms with van der Waals surface area (Å²) in [6, 6.07) is 4.49. The Hall–Kier alpha value is -3.27. The van der Waals surface area contributed by atoms with Gasteiger partial charge in [0.15, 0.2) is 0 Å². The first-order chi connectivity index (χ1) is 13.9. The molecule has 0 spiro atoms. The number of morpholine rings is 1. The topological polar surface area (TPSA) is 122 Å². The van der Waals surface area contributed by atoms with Crippen LogP contribution in [0.15, 0.2) is 18.2 Å². The number of nitrogens with one attached hydrogen (secondary N) is 2. The lowest BCUT2D eigenvalue weighted by atomic mass is 9.91. The number of hydrogen-bond donors (Lipinski definition) is 3. The largest absolute Gasteiger partial charge is 0.383 e. The molecule has 1 fully saturated rings. The van der Waals surface area contributed by atoms with E-state index in [0.717, 1.165) is 5.56 Å². The van der Waals surface area contributed by atoms with Gasteiger partial charge in [-0.15, -0.1) is 0 Å². The summed E-state index contributed by atoms with van der Waals surface area (Å²) in [5.74, 6) is -1.69. The number of aromatic nitrogens is 2. The van der Waals surface area contributed by atoms with Crippen molar-refractivity contribution in [3.05, 3.63) is 35.1 Å². The highest BCUT2D eigenvalue weighted by molar-refractivity contribution is 6.05. The third-order valence-electron chi connectivity index (χ3n) is 4.95. The highest BCUT2D eigenvalue weighted by Crippen LogP contribution is 2.36. The molecule has 2 aromatic rings. The number of amides is 2. The zero-order valence-electron chi connectivity index (χ0n) is 15.9. The van der Waals surface area contributed by atoms with Crippen LogP contribution >= 0.6 is 0 Å². The average Bonchev–Trinajstić information content (AvgIpc) is 2.69. The molecule has 0 saturated carbocycles. The Morgan fingerprint density at radius 2 is 2.10 bits per heavy atom. The Balaban J connectivity index is 1.64. The van der Waals surface area contributed by atoms with E-state index < -0.39 is 17.6 Å². The van der Waals surface area contributed by atoms with E-state index in [0.29, 0.717) is 37.8 Å². The zero-order chi connectivity index (χ0) is 20.5. The van der Waals surface area contributed by atoms with Gasteiger partial charge in [0.1, 0.15) is 17.5 Å². The molecule has 2 aliphatic rings. The van der Waals surface area contributed by atoms with E-state index in [1.807, 2.05) is 4.90 Å². The summed E-state index contributed by atoms with van der Waals surface area (Å²) in [7, 11) is 0. The number of carbonyl (C=O) groups excluding carboxylic acids is 2. The van der Waals surface area contributed by atoms with E-state index >= 15 is 0 Å². The monoisotopic (exact) mass is 400 g/mol. The second kappa shape index (κ2) is 7.63. The molecule has 2 aliphatic heterocycles. The van der Waals surface area contributed by atoms with Crippen LogP contribution in [-0.2, 0) is 14.3 Å². The number of carbonyl (C=O) groups is 2. The SMILES string of the molecule is Cc1ccc(NC(=O)C2CC(=O)Nc3nc(N4CCOCC4)nc(N)c32)c(F)c1. The minimum atomic E-state index is -0.918. The molecular weight excluding hydrogens is 379 g/mol. The number of hydrogen-bond acceptors (Lipinski definition) is 7. The highest BCUT2D eigenvalue weighted by Gasteiger charge is 2.35. The van der Waals surface area contributed by atoms with Crippen LogP contribution in [0.4, 0.5) is 27.7 Å². The molecule has 2 amide bonds. The van der Waals surface area contributed by atoms with Gasteiger partial charge in [0.25, 0.3) is 0 Å². The van der Waals surface area contributed by atoms with Crippen LogP contribution < -0.4 is 21.3 Å². The van der Waals surface area contributed by atoms with Crippen molar-refractivity contribution in [2.75, 3.05) is 47.6 Å². The van der Waals surface area contributed by atoms with E-state index in [1.54, 1.807) is 13.0 Å². The van der Waals surface area contributed by atoms with Crippen molar-refractivity contribution >= 4 is 35.1 Å². The number of ether oxygens (including phenoxy) is 1. The van der Waals surface area contributed by atoms with Gasteiger partial charge in [0, 0.05) is 19.5 Å². The van der Waals surface area contributed by atoms with E-state index in [4.69, 9.17) is 10.5 Å². The molecule has 9 nitrogen and oxygen atoms in total. The summed E-state index contributed by atoms with van der Waals surface area (Å²) in [5, 5.41) is 5.21. The van der Waals surface area contributed by atoms with Crippen molar-refractivity contribution in [1.82, 2.24) is 9.97 Å². The fraction of sp³-hybridized carbons (Fsp3) is 0.368. The molecule has 0 bridgehead atoms. The third-order valence-corrected chi connectivity index (χ3v) is 4.95. The van der Waals surface area contributed by atoms with E-state index in [-0.39, 0.29) is 29.7 Å². The van der Waals surface area contributed by atoms with E-state index in [9.17, 15) is 14.0 Å². The van der Waals surface area contributed by atoms with E-state index in [1.165, 1.54) is 12.1 Å². The summed E-state index contributed by atoms with van der Waals surface area (Å²) in [6.07, 6.45) is -0.128. The second-order valence-corrected chi connectivity index (χ2v) is 7.05. The second-order valence-electron chi connectivity index (χ2n) is 7.05. The lowest BCUT2D eigenvalue weighted by molar-refractivity contribution is -0.123. The van der Waals surface area contributed by atoms with Crippen molar-refractivity contribution in [2.45, 2.75) is 19.3 Å². The molecule has 10 heteroatoms. The fourth-order valence-electron chi connectivity index (χ4n) is 3.45. The molecule has 3 heterocycles. The van der Waals surface area contributed by atoms with Gasteiger partial charge in [-0.05, 0) is 24.6 Å². The summed E-state index contributed by atoms with van der Waals surface area (Å²) in [4.78, 5) is 35.7. The first kappa shape index (κ1) is 19.1. The molecule has 1 aromatic heterocycles. The lowest BCUT2D eigenvalue weighted by Gasteiger charge is -2.30. The number of anilines is 4. The Morgan fingerprint density at radius 1 is 1.34 bits per heavy atom. The maximum Gasteiger partial charge on any atom is 0.232 e. The molecule has 29 heavy (non-hydrogen) atoms. The van der Waals surface area contributed by atoms with Gasteiger partial charge in [-0.1, -0.05) is 6.07 Å². The summed E-state index contributed by atoms with van der Waals surface area (Å²) in [5.41, 5.74) is 7.26. The average molecular weight is 400 g/mol. The van der Waals surface area contributed by atoms with Crippen LogP contribution in [0.5, 0.6) is 0 Å². The van der Waals surface area contributed by atoms with Crippen molar-refractivity contribution in [1.29, 1.82) is 0 Å². The van der Waals surface area contributed by atoms with Crippen LogP contribution in [0, 0.1) is 12.7 Å². The quantitative estimate of drug-likeness (QED) is 0.712. The predicted molar refractivity (Wildman–Crippen MR) is 105 cm³/mol. The number of aryl methyl sites for hydroxylation is 1. The minimum absolute atomic E-state index is 0.0394. The van der Waals surface area contributed by atoms with Crippen LogP contribution in [0.3, 0.4) is 0 Å². The predicted octanol–water partition coefficient (Wildman–Crippen LogP) is 1.41. The number of fused-ring (bicyclic) bond motifs is 1. The molecule has 1 unspecified atom stereocenters. The van der Waals surface area contributed by atoms with E-state index in [2.05, 4.69) is 20.6 Å². The first-order valence-corrected chi connectivity index (χ1v) is 9.29.